The molecule has 0 radical (unpaired) electrons. The zero-order valence-electron chi connectivity index (χ0n) is 10.6. The minimum atomic E-state index is -0.933. The molecule has 1 saturated heterocycles. The van der Waals surface area contributed by atoms with E-state index in [1.54, 1.807) is 0 Å². The Morgan fingerprint density at radius 3 is 2.78 bits per heavy atom. The molecule has 0 aliphatic carbocycles. The lowest BCUT2D eigenvalue weighted by atomic mass is 9.97. The number of aryl methyl sites for hydroxylation is 1. The molecular weight excluding hydrogens is 230 g/mol. The average molecular weight is 249 g/mol. The van der Waals surface area contributed by atoms with Gasteiger partial charge in [0.15, 0.2) is 0 Å². The fourth-order valence-electron chi connectivity index (χ4n) is 2.24. The highest BCUT2D eigenvalue weighted by Gasteiger charge is 2.20. The van der Waals surface area contributed by atoms with Crippen LogP contribution in [0.25, 0.3) is 0 Å². The van der Waals surface area contributed by atoms with Gasteiger partial charge >= 0.3 is 6.09 Å². The first-order chi connectivity index (χ1) is 8.65. The SMILES string of the molecule is Cc1ccc(N2CCC(CNC(=O)O)CC2)nc1. The van der Waals surface area contributed by atoms with Crippen molar-refractivity contribution < 1.29 is 9.90 Å². The molecule has 0 bridgehead atoms. The van der Waals surface area contributed by atoms with Crippen LogP contribution in [0, 0.1) is 12.8 Å². The standard InChI is InChI=1S/C13H19N3O2/c1-10-2-3-12(14-8-10)16-6-4-11(5-7-16)9-15-13(17)18/h2-3,8,11,15H,4-7,9H2,1H3,(H,17,18). The van der Waals surface area contributed by atoms with Crippen LogP contribution < -0.4 is 10.2 Å². The molecule has 1 amide bonds. The van der Waals surface area contributed by atoms with Crippen LogP contribution in [0.2, 0.25) is 0 Å². The van der Waals surface area contributed by atoms with Gasteiger partial charge in [-0.05, 0) is 37.3 Å². The molecule has 2 heterocycles. The molecule has 98 valence electrons. The number of amides is 1. The maximum atomic E-state index is 10.4. The van der Waals surface area contributed by atoms with Gasteiger partial charge in [-0.2, -0.15) is 0 Å². The number of carboxylic acid groups (broad SMARTS) is 1. The molecular formula is C13H19N3O2. The van der Waals surface area contributed by atoms with Crippen molar-refractivity contribution in [2.45, 2.75) is 19.8 Å². The minimum absolute atomic E-state index is 0.447. The predicted molar refractivity (Wildman–Crippen MR) is 69.9 cm³/mol. The van der Waals surface area contributed by atoms with E-state index < -0.39 is 6.09 Å². The highest BCUT2D eigenvalue weighted by Crippen LogP contribution is 2.21. The molecule has 1 aliphatic heterocycles. The number of hydrogen-bond acceptors (Lipinski definition) is 3. The van der Waals surface area contributed by atoms with Gasteiger partial charge in [0.2, 0.25) is 0 Å². The van der Waals surface area contributed by atoms with Gasteiger partial charge in [-0.15, -0.1) is 0 Å². The largest absolute Gasteiger partial charge is 0.465 e. The van der Waals surface area contributed by atoms with Gasteiger partial charge in [-0.25, -0.2) is 9.78 Å². The van der Waals surface area contributed by atoms with Crippen LogP contribution in [-0.2, 0) is 0 Å². The van der Waals surface area contributed by atoms with Gasteiger partial charge in [0.25, 0.3) is 0 Å². The van der Waals surface area contributed by atoms with Crippen LogP contribution in [-0.4, -0.2) is 35.8 Å². The molecule has 2 N–H and O–H groups in total. The summed E-state index contributed by atoms with van der Waals surface area (Å²) in [6.45, 7) is 4.48. The molecule has 5 nitrogen and oxygen atoms in total. The van der Waals surface area contributed by atoms with Gasteiger partial charge in [-0.3, -0.25) is 0 Å². The third kappa shape index (κ3) is 3.35. The molecule has 0 spiro atoms. The number of rotatable bonds is 3. The molecule has 5 heteroatoms. The Balaban J connectivity index is 1.83. The first-order valence-electron chi connectivity index (χ1n) is 6.29. The number of aromatic nitrogens is 1. The average Bonchev–Trinajstić information content (AvgIpc) is 2.38. The third-order valence-electron chi connectivity index (χ3n) is 3.38. The van der Waals surface area contributed by atoms with Gasteiger partial charge in [0, 0.05) is 25.8 Å². The Kier molecular flexibility index (Phi) is 4.02. The van der Waals surface area contributed by atoms with E-state index in [0.29, 0.717) is 12.5 Å². The number of nitrogens with one attached hydrogen (secondary N) is 1. The second kappa shape index (κ2) is 5.71. The smallest absolute Gasteiger partial charge is 0.404 e. The van der Waals surface area contributed by atoms with Gasteiger partial charge in [0.05, 0.1) is 0 Å². The normalized spacial score (nSPS) is 16.6. The van der Waals surface area contributed by atoms with E-state index in [9.17, 15) is 4.79 Å². The first kappa shape index (κ1) is 12.7. The summed E-state index contributed by atoms with van der Waals surface area (Å²) in [6.07, 6.45) is 2.97. The van der Waals surface area contributed by atoms with Gasteiger partial charge in [0.1, 0.15) is 5.82 Å². The summed E-state index contributed by atoms with van der Waals surface area (Å²) in [4.78, 5) is 17.1. The van der Waals surface area contributed by atoms with E-state index in [1.807, 2.05) is 19.2 Å². The van der Waals surface area contributed by atoms with Gasteiger partial charge < -0.3 is 15.3 Å². The number of hydrogen-bond donors (Lipinski definition) is 2. The molecule has 1 aromatic rings. The number of pyridine rings is 1. The number of nitrogens with zero attached hydrogens (tertiary/aromatic N) is 2. The van der Waals surface area contributed by atoms with E-state index in [2.05, 4.69) is 21.3 Å². The molecule has 1 aliphatic rings. The summed E-state index contributed by atoms with van der Waals surface area (Å²) in [5, 5.41) is 11.0. The molecule has 1 fully saturated rings. The van der Waals surface area contributed by atoms with E-state index in [1.165, 1.54) is 5.56 Å². The van der Waals surface area contributed by atoms with Crippen LogP contribution in [0.1, 0.15) is 18.4 Å². The van der Waals surface area contributed by atoms with Crippen LogP contribution >= 0.6 is 0 Å². The number of anilines is 1. The quantitative estimate of drug-likeness (QED) is 0.858. The summed E-state index contributed by atoms with van der Waals surface area (Å²) in [5.74, 6) is 1.47. The van der Waals surface area contributed by atoms with E-state index in [4.69, 9.17) is 5.11 Å². The summed E-state index contributed by atoms with van der Waals surface area (Å²) in [6, 6.07) is 4.12. The van der Waals surface area contributed by atoms with Crippen molar-refractivity contribution in [3.05, 3.63) is 23.9 Å². The summed E-state index contributed by atoms with van der Waals surface area (Å²) in [5.41, 5.74) is 1.17. The van der Waals surface area contributed by atoms with Crippen LogP contribution in [0.15, 0.2) is 18.3 Å². The third-order valence-corrected chi connectivity index (χ3v) is 3.38. The first-order valence-corrected chi connectivity index (χ1v) is 6.29. The Morgan fingerprint density at radius 1 is 1.50 bits per heavy atom. The summed E-state index contributed by atoms with van der Waals surface area (Å²) in [7, 11) is 0. The maximum absolute atomic E-state index is 10.4. The van der Waals surface area contributed by atoms with Crippen LogP contribution in [0.3, 0.4) is 0 Å². The molecule has 1 aromatic heterocycles. The van der Waals surface area contributed by atoms with Crippen molar-refractivity contribution in [2.24, 2.45) is 5.92 Å². The van der Waals surface area contributed by atoms with Gasteiger partial charge in [-0.1, -0.05) is 6.07 Å². The van der Waals surface area contributed by atoms with E-state index in [-0.39, 0.29) is 0 Å². The highest BCUT2D eigenvalue weighted by molar-refractivity contribution is 5.64. The molecule has 0 aromatic carbocycles. The lowest BCUT2D eigenvalue weighted by Crippen LogP contribution is -2.38. The fourth-order valence-corrected chi connectivity index (χ4v) is 2.24. The molecule has 0 unspecified atom stereocenters. The lowest BCUT2D eigenvalue weighted by molar-refractivity contribution is 0.191. The molecule has 0 saturated carbocycles. The Labute approximate surface area is 107 Å². The summed E-state index contributed by atoms with van der Waals surface area (Å²) >= 11 is 0. The second-order valence-electron chi connectivity index (χ2n) is 4.81. The molecule has 18 heavy (non-hydrogen) atoms. The molecule has 0 atom stereocenters. The lowest BCUT2D eigenvalue weighted by Gasteiger charge is -2.32. The zero-order valence-corrected chi connectivity index (χ0v) is 10.6. The Hall–Kier alpha value is -1.78. The van der Waals surface area contributed by atoms with Crippen molar-refractivity contribution in [3.63, 3.8) is 0 Å². The Bertz CT molecular complexity index is 397. The number of carbonyl (C=O) groups is 1. The predicted octanol–water partition coefficient (Wildman–Crippen LogP) is 1.87. The second-order valence-corrected chi connectivity index (χ2v) is 4.81. The van der Waals surface area contributed by atoms with Crippen molar-refractivity contribution in [3.8, 4) is 0 Å². The minimum Gasteiger partial charge on any atom is -0.465 e. The monoisotopic (exact) mass is 249 g/mol. The van der Waals surface area contributed by atoms with Crippen molar-refractivity contribution in [1.29, 1.82) is 0 Å². The maximum Gasteiger partial charge on any atom is 0.404 e. The summed E-state index contributed by atoms with van der Waals surface area (Å²) < 4.78 is 0. The number of piperidine rings is 1. The topological polar surface area (TPSA) is 65.5 Å². The molecule has 2 rings (SSSR count). The van der Waals surface area contributed by atoms with E-state index >= 15 is 0 Å². The van der Waals surface area contributed by atoms with Crippen LogP contribution in [0.5, 0.6) is 0 Å². The fraction of sp³-hybridized carbons (Fsp3) is 0.538. The van der Waals surface area contributed by atoms with Crippen molar-refractivity contribution in [1.82, 2.24) is 10.3 Å². The highest BCUT2D eigenvalue weighted by atomic mass is 16.4. The van der Waals surface area contributed by atoms with E-state index in [0.717, 1.165) is 31.7 Å². The van der Waals surface area contributed by atoms with Crippen molar-refractivity contribution >= 4 is 11.9 Å². The Morgan fingerprint density at radius 2 is 2.22 bits per heavy atom. The zero-order chi connectivity index (χ0) is 13.0. The van der Waals surface area contributed by atoms with Crippen molar-refractivity contribution in [2.75, 3.05) is 24.5 Å². The van der Waals surface area contributed by atoms with Crippen LogP contribution in [0.4, 0.5) is 10.6 Å².